The first kappa shape index (κ1) is 10.7. The maximum atomic E-state index is 11.7. The van der Waals surface area contributed by atoms with Crippen LogP contribution in [-0.2, 0) is 0 Å². The number of aromatic nitrogens is 1. The summed E-state index contributed by atoms with van der Waals surface area (Å²) in [5.41, 5.74) is 0.587. The van der Waals surface area contributed by atoms with Gasteiger partial charge >= 0.3 is 0 Å². The van der Waals surface area contributed by atoms with E-state index in [1.807, 2.05) is 0 Å². The van der Waals surface area contributed by atoms with Gasteiger partial charge in [-0.1, -0.05) is 13.3 Å². The van der Waals surface area contributed by atoms with Gasteiger partial charge < -0.3 is 4.74 Å². The fourth-order valence-corrected chi connectivity index (χ4v) is 1.24. The lowest BCUT2D eigenvalue weighted by Gasteiger charge is -2.04. The van der Waals surface area contributed by atoms with E-state index in [0.717, 1.165) is 12.8 Å². The molecule has 0 saturated heterocycles. The minimum atomic E-state index is 0.108. The number of Topliss-reactive ketones (excluding diaryl/α,β-unsaturated/α-hetero) is 1. The molecule has 0 aliphatic carbocycles. The summed E-state index contributed by atoms with van der Waals surface area (Å²) in [5, 5.41) is 0. The minimum Gasteiger partial charge on any atom is -0.480 e. The molecule has 0 spiro atoms. The van der Waals surface area contributed by atoms with Gasteiger partial charge in [-0.3, -0.25) is 4.79 Å². The number of carbonyl (C=O) groups excluding carboxylic acids is 1. The quantitative estimate of drug-likeness (QED) is 0.674. The molecule has 0 atom stereocenters. The van der Waals surface area contributed by atoms with Gasteiger partial charge in [-0.25, -0.2) is 4.98 Å². The fourth-order valence-electron chi connectivity index (χ4n) is 1.24. The lowest BCUT2D eigenvalue weighted by Crippen LogP contribution is -2.03. The van der Waals surface area contributed by atoms with E-state index in [0.29, 0.717) is 17.9 Å². The van der Waals surface area contributed by atoms with Crippen molar-refractivity contribution in [3.05, 3.63) is 23.9 Å². The van der Waals surface area contributed by atoms with Gasteiger partial charge in [-0.05, 0) is 18.6 Å². The Labute approximate surface area is 84.1 Å². The molecule has 0 aliphatic heterocycles. The van der Waals surface area contributed by atoms with E-state index in [1.165, 1.54) is 7.11 Å². The number of unbranched alkanes of at least 4 members (excludes halogenated alkanes) is 1. The van der Waals surface area contributed by atoms with Gasteiger partial charge in [0.2, 0.25) is 5.88 Å². The van der Waals surface area contributed by atoms with Crippen molar-refractivity contribution in [2.24, 2.45) is 0 Å². The Morgan fingerprint density at radius 3 is 3.00 bits per heavy atom. The Morgan fingerprint density at radius 2 is 2.36 bits per heavy atom. The third-order valence-electron chi connectivity index (χ3n) is 2.02. The highest BCUT2D eigenvalue weighted by Gasteiger charge is 2.11. The average molecular weight is 193 g/mol. The van der Waals surface area contributed by atoms with Crippen molar-refractivity contribution >= 4 is 5.78 Å². The van der Waals surface area contributed by atoms with Crippen LogP contribution in [0.5, 0.6) is 5.88 Å². The largest absolute Gasteiger partial charge is 0.480 e. The predicted molar refractivity (Wildman–Crippen MR) is 54.6 cm³/mol. The minimum absolute atomic E-state index is 0.108. The van der Waals surface area contributed by atoms with Crippen LogP contribution >= 0.6 is 0 Å². The highest BCUT2D eigenvalue weighted by Crippen LogP contribution is 2.16. The van der Waals surface area contributed by atoms with Crippen LogP contribution in [0.3, 0.4) is 0 Å². The molecule has 0 N–H and O–H groups in total. The molecule has 1 aromatic rings. The Bertz CT molecular complexity index is 310. The Morgan fingerprint density at radius 1 is 1.57 bits per heavy atom. The second kappa shape index (κ2) is 5.37. The molecule has 0 amide bonds. The molecule has 1 rings (SSSR count). The van der Waals surface area contributed by atoms with E-state index in [2.05, 4.69) is 11.9 Å². The first-order valence-corrected chi connectivity index (χ1v) is 4.81. The van der Waals surface area contributed by atoms with Crippen molar-refractivity contribution in [2.75, 3.05) is 7.11 Å². The topological polar surface area (TPSA) is 39.2 Å². The van der Waals surface area contributed by atoms with Crippen LogP contribution in [0.1, 0.15) is 36.5 Å². The van der Waals surface area contributed by atoms with E-state index in [-0.39, 0.29) is 5.78 Å². The van der Waals surface area contributed by atoms with Crippen LogP contribution in [0.15, 0.2) is 18.3 Å². The van der Waals surface area contributed by atoms with Crippen molar-refractivity contribution < 1.29 is 9.53 Å². The highest BCUT2D eigenvalue weighted by atomic mass is 16.5. The monoisotopic (exact) mass is 193 g/mol. The molecule has 1 aromatic heterocycles. The summed E-state index contributed by atoms with van der Waals surface area (Å²) in [6, 6.07) is 3.51. The number of carbonyl (C=O) groups is 1. The zero-order valence-electron chi connectivity index (χ0n) is 8.62. The Kier molecular flexibility index (Phi) is 4.11. The number of ether oxygens (including phenoxy) is 1. The molecule has 0 aliphatic rings. The van der Waals surface area contributed by atoms with Crippen molar-refractivity contribution in [3.8, 4) is 5.88 Å². The van der Waals surface area contributed by atoms with Gasteiger partial charge in [0.25, 0.3) is 0 Å². The van der Waals surface area contributed by atoms with Gasteiger partial charge in [0.1, 0.15) is 0 Å². The van der Waals surface area contributed by atoms with Gasteiger partial charge in [-0.15, -0.1) is 0 Å². The molecule has 76 valence electrons. The number of hydrogen-bond acceptors (Lipinski definition) is 3. The molecule has 1 heterocycles. The van der Waals surface area contributed by atoms with Crippen LogP contribution in [-0.4, -0.2) is 17.9 Å². The summed E-state index contributed by atoms with van der Waals surface area (Å²) in [7, 11) is 1.53. The normalized spacial score (nSPS) is 9.86. The number of pyridine rings is 1. The number of hydrogen-bond donors (Lipinski definition) is 0. The summed E-state index contributed by atoms with van der Waals surface area (Å²) in [4.78, 5) is 15.6. The average Bonchev–Trinajstić information content (AvgIpc) is 2.25. The van der Waals surface area contributed by atoms with Crippen molar-refractivity contribution in [2.45, 2.75) is 26.2 Å². The maximum Gasteiger partial charge on any atom is 0.224 e. The lowest BCUT2D eigenvalue weighted by molar-refractivity contribution is 0.0976. The summed E-state index contributed by atoms with van der Waals surface area (Å²) in [6.45, 7) is 2.06. The van der Waals surface area contributed by atoms with E-state index in [4.69, 9.17) is 4.74 Å². The van der Waals surface area contributed by atoms with Gasteiger partial charge in [-0.2, -0.15) is 0 Å². The number of rotatable bonds is 5. The summed E-state index contributed by atoms with van der Waals surface area (Å²) in [5.74, 6) is 0.533. The number of nitrogens with zero attached hydrogens (tertiary/aromatic N) is 1. The molecule has 3 nitrogen and oxygen atoms in total. The molecular formula is C11H15NO2. The Hall–Kier alpha value is -1.38. The molecule has 0 saturated carbocycles. The van der Waals surface area contributed by atoms with Crippen molar-refractivity contribution in [1.82, 2.24) is 4.98 Å². The smallest absolute Gasteiger partial charge is 0.224 e. The zero-order chi connectivity index (χ0) is 10.4. The summed E-state index contributed by atoms with van der Waals surface area (Å²) in [6.07, 6.45) is 4.12. The molecule has 0 unspecified atom stereocenters. The highest BCUT2D eigenvalue weighted by molar-refractivity contribution is 5.98. The Balaban J connectivity index is 2.78. The number of ketones is 1. The second-order valence-electron chi connectivity index (χ2n) is 3.09. The summed E-state index contributed by atoms with van der Waals surface area (Å²) >= 11 is 0. The van der Waals surface area contributed by atoms with E-state index in [1.54, 1.807) is 18.3 Å². The van der Waals surface area contributed by atoms with Crippen LogP contribution in [0.4, 0.5) is 0 Å². The van der Waals surface area contributed by atoms with E-state index >= 15 is 0 Å². The van der Waals surface area contributed by atoms with E-state index in [9.17, 15) is 4.79 Å². The summed E-state index contributed by atoms with van der Waals surface area (Å²) < 4.78 is 5.01. The fraction of sp³-hybridized carbons (Fsp3) is 0.455. The third-order valence-corrected chi connectivity index (χ3v) is 2.02. The molecule has 3 heteroatoms. The maximum absolute atomic E-state index is 11.7. The van der Waals surface area contributed by atoms with Gasteiger partial charge in [0, 0.05) is 12.6 Å². The molecule has 0 fully saturated rings. The lowest BCUT2D eigenvalue weighted by atomic mass is 10.1. The molecule has 0 bridgehead atoms. The predicted octanol–water partition coefficient (Wildman–Crippen LogP) is 2.46. The first-order chi connectivity index (χ1) is 6.79. The molecule has 0 radical (unpaired) electrons. The van der Waals surface area contributed by atoms with E-state index < -0.39 is 0 Å². The van der Waals surface area contributed by atoms with Crippen LogP contribution < -0.4 is 4.74 Å². The van der Waals surface area contributed by atoms with Gasteiger partial charge in [0.05, 0.1) is 12.7 Å². The van der Waals surface area contributed by atoms with Crippen LogP contribution in [0.2, 0.25) is 0 Å². The SMILES string of the molecule is CCCCC(=O)c1cccnc1OC. The zero-order valence-corrected chi connectivity index (χ0v) is 8.62. The standard InChI is InChI=1S/C11H15NO2/c1-3-4-7-10(13)9-6-5-8-12-11(9)14-2/h5-6,8H,3-4,7H2,1-2H3. The second-order valence-corrected chi connectivity index (χ2v) is 3.09. The third kappa shape index (κ3) is 2.55. The van der Waals surface area contributed by atoms with Crippen molar-refractivity contribution in [1.29, 1.82) is 0 Å². The van der Waals surface area contributed by atoms with Gasteiger partial charge in [0.15, 0.2) is 5.78 Å². The van der Waals surface area contributed by atoms with Crippen LogP contribution in [0, 0.1) is 0 Å². The molecular weight excluding hydrogens is 178 g/mol. The molecule has 0 aromatic carbocycles. The molecule has 14 heavy (non-hydrogen) atoms. The van der Waals surface area contributed by atoms with Crippen molar-refractivity contribution in [3.63, 3.8) is 0 Å². The number of methoxy groups -OCH3 is 1. The van der Waals surface area contributed by atoms with Crippen LogP contribution in [0.25, 0.3) is 0 Å². The first-order valence-electron chi connectivity index (χ1n) is 4.81.